The molecule has 1 aliphatic rings. The molecule has 0 spiro atoms. The number of anilines is 1. The van der Waals surface area contributed by atoms with E-state index in [9.17, 15) is 0 Å². The zero-order valence-corrected chi connectivity index (χ0v) is 9.19. The summed E-state index contributed by atoms with van der Waals surface area (Å²) in [6.45, 7) is 4.19. The molecule has 0 saturated carbocycles. The van der Waals surface area contributed by atoms with Gasteiger partial charge in [0.1, 0.15) is 6.07 Å². The average molecular weight is 217 g/mol. The van der Waals surface area contributed by atoms with E-state index in [1.54, 1.807) is 6.07 Å². The van der Waals surface area contributed by atoms with Gasteiger partial charge in [0.15, 0.2) is 5.82 Å². The van der Waals surface area contributed by atoms with Crippen LogP contribution in [0.25, 0.3) is 0 Å². The van der Waals surface area contributed by atoms with Crippen LogP contribution in [0.2, 0.25) is 0 Å². The van der Waals surface area contributed by atoms with Crippen molar-refractivity contribution in [2.24, 2.45) is 0 Å². The van der Waals surface area contributed by atoms with Gasteiger partial charge in [-0.3, -0.25) is 0 Å². The molecule has 0 unspecified atom stereocenters. The largest absolute Gasteiger partial charge is 0.366 e. The van der Waals surface area contributed by atoms with Gasteiger partial charge < -0.3 is 10.2 Å². The quantitative estimate of drug-likeness (QED) is 0.810. The van der Waals surface area contributed by atoms with Crippen molar-refractivity contribution in [1.82, 2.24) is 15.1 Å². The van der Waals surface area contributed by atoms with Crippen molar-refractivity contribution >= 4 is 5.82 Å². The Hall–Kier alpha value is -1.67. The monoisotopic (exact) mass is 217 g/mol. The Labute approximate surface area is 95.1 Å². The predicted molar refractivity (Wildman–Crippen MR) is 60.9 cm³/mol. The van der Waals surface area contributed by atoms with Crippen LogP contribution in [0.3, 0.4) is 0 Å². The van der Waals surface area contributed by atoms with Crippen molar-refractivity contribution in [3.8, 4) is 6.07 Å². The maximum absolute atomic E-state index is 8.86. The highest BCUT2D eigenvalue weighted by Crippen LogP contribution is 2.09. The summed E-state index contributed by atoms with van der Waals surface area (Å²) in [5.74, 6) is 0.587. The third-order valence-electron chi connectivity index (χ3n) is 2.76. The molecule has 1 aromatic rings. The van der Waals surface area contributed by atoms with Gasteiger partial charge in [0, 0.05) is 13.1 Å². The number of nitriles is 1. The lowest BCUT2D eigenvalue weighted by Crippen LogP contribution is -2.26. The zero-order valence-electron chi connectivity index (χ0n) is 9.19. The second-order valence-corrected chi connectivity index (χ2v) is 3.88. The first-order valence-corrected chi connectivity index (χ1v) is 5.58. The van der Waals surface area contributed by atoms with E-state index in [1.165, 1.54) is 32.1 Å². The molecular weight excluding hydrogens is 202 g/mol. The number of likely N-dealkylation sites (tertiary alicyclic amines) is 1. The Kier molecular flexibility index (Phi) is 3.67. The topological polar surface area (TPSA) is 64.8 Å². The molecule has 1 N–H and O–H groups in total. The molecule has 1 aromatic heterocycles. The van der Waals surface area contributed by atoms with Crippen molar-refractivity contribution < 1.29 is 0 Å². The number of rotatable bonds is 4. The van der Waals surface area contributed by atoms with E-state index >= 15 is 0 Å². The Balaban J connectivity index is 1.82. The smallest absolute Gasteiger partial charge is 0.166 e. The Morgan fingerprint density at radius 3 is 3.00 bits per heavy atom. The molecule has 5 nitrogen and oxygen atoms in total. The molecule has 0 bridgehead atoms. The second-order valence-electron chi connectivity index (χ2n) is 3.88. The lowest BCUT2D eigenvalue weighted by atomic mass is 10.3. The molecule has 0 amide bonds. The maximum Gasteiger partial charge on any atom is 0.166 e. The van der Waals surface area contributed by atoms with Gasteiger partial charge in [0.05, 0.1) is 11.8 Å². The van der Waals surface area contributed by atoms with Gasteiger partial charge >= 0.3 is 0 Å². The summed E-state index contributed by atoms with van der Waals surface area (Å²) in [5, 5.41) is 19.7. The van der Waals surface area contributed by atoms with Crippen molar-refractivity contribution in [3.05, 3.63) is 17.8 Å². The summed E-state index contributed by atoms with van der Waals surface area (Å²) in [4.78, 5) is 2.41. The highest BCUT2D eigenvalue weighted by Gasteiger charge is 2.10. The normalized spacial score (nSPS) is 15.9. The molecule has 1 fully saturated rings. The molecule has 0 aliphatic carbocycles. The number of nitrogens with zero attached hydrogens (tertiary/aromatic N) is 4. The minimum absolute atomic E-state index is 0.552. The van der Waals surface area contributed by atoms with Crippen molar-refractivity contribution in [2.45, 2.75) is 12.8 Å². The summed E-state index contributed by atoms with van der Waals surface area (Å²) in [5.41, 5.74) is 0.552. The highest BCUT2D eigenvalue weighted by molar-refractivity contribution is 5.49. The minimum Gasteiger partial charge on any atom is -0.366 e. The first-order chi connectivity index (χ1) is 7.90. The van der Waals surface area contributed by atoms with Crippen LogP contribution in [-0.2, 0) is 0 Å². The van der Waals surface area contributed by atoms with E-state index in [0.29, 0.717) is 11.4 Å². The molecular formula is C11H15N5. The van der Waals surface area contributed by atoms with Crippen molar-refractivity contribution in [1.29, 1.82) is 5.26 Å². The molecule has 0 radical (unpaired) electrons. The summed E-state index contributed by atoms with van der Waals surface area (Å²) in [7, 11) is 0. The average Bonchev–Trinajstić information content (AvgIpc) is 2.83. The van der Waals surface area contributed by atoms with E-state index < -0.39 is 0 Å². The molecule has 1 saturated heterocycles. The van der Waals surface area contributed by atoms with Gasteiger partial charge in [0.2, 0.25) is 0 Å². The Morgan fingerprint density at radius 2 is 2.25 bits per heavy atom. The SMILES string of the molecule is N#Cc1ccnnc1NCCN1CCCC1. The maximum atomic E-state index is 8.86. The van der Waals surface area contributed by atoms with Crippen LogP contribution in [-0.4, -0.2) is 41.3 Å². The highest BCUT2D eigenvalue weighted by atomic mass is 15.2. The van der Waals surface area contributed by atoms with Gasteiger partial charge in [-0.25, -0.2) is 0 Å². The fourth-order valence-corrected chi connectivity index (χ4v) is 1.89. The number of nitrogens with one attached hydrogen (secondary N) is 1. The van der Waals surface area contributed by atoms with Gasteiger partial charge in [-0.05, 0) is 32.0 Å². The summed E-state index contributed by atoms with van der Waals surface area (Å²) < 4.78 is 0. The van der Waals surface area contributed by atoms with Crippen LogP contribution in [0.5, 0.6) is 0 Å². The first-order valence-electron chi connectivity index (χ1n) is 5.58. The van der Waals surface area contributed by atoms with Gasteiger partial charge in [-0.1, -0.05) is 0 Å². The van der Waals surface area contributed by atoms with E-state index in [0.717, 1.165) is 13.1 Å². The molecule has 0 aromatic carbocycles. The minimum atomic E-state index is 0.552. The molecule has 0 atom stereocenters. The third kappa shape index (κ3) is 2.67. The molecule has 84 valence electrons. The number of aromatic nitrogens is 2. The van der Waals surface area contributed by atoms with E-state index in [2.05, 4.69) is 26.5 Å². The zero-order chi connectivity index (χ0) is 11.2. The summed E-state index contributed by atoms with van der Waals surface area (Å²) in [6.07, 6.45) is 4.13. The fraction of sp³-hybridized carbons (Fsp3) is 0.545. The van der Waals surface area contributed by atoms with Crippen LogP contribution in [0.1, 0.15) is 18.4 Å². The number of hydrogen-bond acceptors (Lipinski definition) is 5. The van der Waals surface area contributed by atoms with Crippen LogP contribution >= 0.6 is 0 Å². The lowest BCUT2D eigenvalue weighted by Gasteiger charge is -2.14. The number of hydrogen-bond donors (Lipinski definition) is 1. The van der Waals surface area contributed by atoms with Crippen molar-refractivity contribution in [2.75, 3.05) is 31.5 Å². The van der Waals surface area contributed by atoms with Gasteiger partial charge in [-0.15, -0.1) is 5.10 Å². The first kappa shape index (κ1) is 10.8. The van der Waals surface area contributed by atoms with E-state index in [4.69, 9.17) is 5.26 Å². The van der Waals surface area contributed by atoms with Crippen LogP contribution in [0.15, 0.2) is 12.3 Å². The Bertz CT molecular complexity index is 378. The standard InChI is InChI=1S/C11H15N5/c12-9-10-3-4-14-15-11(10)13-5-8-16-6-1-2-7-16/h3-4H,1-2,5-8H2,(H,13,15). The van der Waals surface area contributed by atoms with Gasteiger partial charge in [-0.2, -0.15) is 10.4 Å². The summed E-state index contributed by atoms with van der Waals surface area (Å²) >= 11 is 0. The van der Waals surface area contributed by atoms with Crippen LogP contribution in [0.4, 0.5) is 5.82 Å². The molecule has 1 aliphatic heterocycles. The third-order valence-corrected chi connectivity index (χ3v) is 2.76. The molecule has 5 heteroatoms. The summed E-state index contributed by atoms with van der Waals surface area (Å²) in [6, 6.07) is 3.77. The lowest BCUT2D eigenvalue weighted by molar-refractivity contribution is 0.352. The second kappa shape index (κ2) is 5.42. The molecule has 2 heterocycles. The molecule has 16 heavy (non-hydrogen) atoms. The molecule has 2 rings (SSSR count). The predicted octanol–water partition coefficient (Wildman–Crippen LogP) is 0.856. The van der Waals surface area contributed by atoms with Crippen LogP contribution in [0, 0.1) is 11.3 Å². The van der Waals surface area contributed by atoms with Gasteiger partial charge in [0.25, 0.3) is 0 Å². The van der Waals surface area contributed by atoms with Crippen molar-refractivity contribution in [3.63, 3.8) is 0 Å². The Morgan fingerprint density at radius 1 is 1.44 bits per heavy atom. The van der Waals surface area contributed by atoms with E-state index in [1.807, 2.05) is 0 Å². The van der Waals surface area contributed by atoms with E-state index in [-0.39, 0.29) is 0 Å². The fourth-order valence-electron chi connectivity index (χ4n) is 1.89. The van der Waals surface area contributed by atoms with Crippen LogP contribution < -0.4 is 5.32 Å².